The highest BCUT2D eigenvalue weighted by atomic mass is 16.5. The lowest BCUT2D eigenvalue weighted by Gasteiger charge is -2.35. The third-order valence-corrected chi connectivity index (χ3v) is 3.23. The highest BCUT2D eigenvalue weighted by Gasteiger charge is 2.22. The van der Waals surface area contributed by atoms with E-state index in [0.717, 1.165) is 25.4 Å². The molecule has 1 N–H and O–H groups in total. The average Bonchev–Trinajstić information content (AvgIpc) is 2.81. The maximum absolute atomic E-state index is 5.18. The molecular weight excluding hydrogens is 202 g/mol. The van der Waals surface area contributed by atoms with E-state index in [1.807, 2.05) is 6.07 Å². The second kappa shape index (κ2) is 6.01. The van der Waals surface area contributed by atoms with Crippen molar-refractivity contribution < 1.29 is 4.52 Å². The molecule has 0 spiro atoms. The SMILES string of the molecule is CCNCC1CCCCN1Cc1ccno1. The third kappa shape index (κ3) is 3.06. The van der Waals surface area contributed by atoms with Crippen molar-refractivity contribution in [1.82, 2.24) is 15.4 Å². The van der Waals surface area contributed by atoms with Crippen molar-refractivity contribution in [2.75, 3.05) is 19.6 Å². The number of piperidine rings is 1. The normalized spacial score (nSPS) is 22.4. The molecule has 1 fully saturated rings. The zero-order chi connectivity index (χ0) is 11.2. The van der Waals surface area contributed by atoms with Crippen molar-refractivity contribution in [1.29, 1.82) is 0 Å². The first kappa shape index (κ1) is 11.6. The minimum atomic E-state index is 0.652. The highest BCUT2D eigenvalue weighted by molar-refractivity contribution is 4.94. The smallest absolute Gasteiger partial charge is 0.150 e. The largest absolute Gasteiger partial charge is 0.360 e. The summed E-state index contributed by atoms with van der Waals surface area (Å²) in [6.45, 7) is 6.37. The lowest BCUT2D eigenvalue weighted by molar-refractivity contribution is 0.124. The van der Waals surface area contributed by atoms with Gasteiger partial charge in [-0.1, -0.05) is 18.5 Å². The lowest BCUT2D eigenvalue weighted by Crippen LogP contribution is -2.44. The lowest BCUT2D eigenvalue weighted by atomic mass is 10.0. The van der Waals surface area contributed by atoms with Crippen LogP contribution in [0.4, 0.5) is 0 Å². The van der Waals surface area contributed by atoms with Crippen molar-refractivity contribution in [2.24, 2.45) is 0 Å². The molecule has 16 heavy (non-hydrogen) atoms. The Kier molecular flexibility index (Phi) is 4.36. The first-order valence-corrected chi connectivity index (χ1v) is 6.24. The van der Waals surface area contributed by atoms with E-state index in [2.05, 4.69) is 22.3 Å². The number of hydrogen-bond donors (Lipinski definition) is 1. The molecule has 4 heteroatoms. The van der Waals surface area contributed by atoms with Crippen molar-refractivity contribution in [3.8, 4) is 0 Å². The van der Waals surface area contributed by atoms with E-state index < -0.39 is 0 Å². The van der Waals surface area contributed by atoms with Gasteiger partial charge in [0.15, 0.2) is 5.76 Å². The number of aromatic nitrogens is 1. The number of nitrogens with zero attached hydrogens (tertiary/aromatic N) is 2. The van der Waals surface area contributed by atoms with Gasteiger partial charge in [-0.3, -0.25) is 4.90 Å². The van der Waals surface area contributed by atoms with Crippen LogP contribution in [0.3, 0.4) is 0 Å². The molecule has 1 aromatic rings. The highest BCUT2D eigenvalue weighted by Crippen LogP contribution is 2.18. The Labute approximate surface area is 97.0 Å². The van der Waals surface area contributed by atoms with Gasteiger partial charge in [-0.15, -0.1) is 0 Å². The van der Waals surface area contributed by atoms with Crippen LogP contribution in [0.2, 0.25) is 0 Å². The van der Waals surface area contributed by atoms with Gasteiger partial charge in [0.1, 0.15) is 0 Å². The molecule has 1 aromatic heterocycles. The topological polar surface area (TPSA) is 41.3 Å². The summed E-state index contributed by atoms with van der Waals surface area (Å²) in [5.74, 6) is 0.975. The summed E-state index contributed by atoms with van der Waals surface area (Å²) in [4.78, 5) is 2.51. The summed E-state index contributed by atoms with van der Waals surface area (Å²) in [6.07, 6.45) is 5.67. The Morgan fingerprint density at radius 3 is 3.25 bits per heavy atom. The standard InChI is InChI=1S/C12H21N3O/c1-2-13-9-11-5-3-4-8-15(11)10-12-6-7-14-16-12/h6-7,11,13H,2-5,8-10H2,1H3. The molecule has 0 saturated carbocycles. The maximum atomic E-state index is 5.18. The zero-order valence-electron chi connectivity index (χ0n) is 9.98. The van der Waals surface area contributed by atoms with Crippen molar-refractivity contribution in [3.05, 3.63) is 18.0 Å². The molecule has 0 bridgehead atoms. The molecule has 0 amide bonds. The van der Waals surface area contributed by atoms with Crippen LogP contribution in [-0.2, 0) is 6.54 Å². The minimum absolute atomic E-state index is 0.652. The predicted octanol–water partition coefficient (Wildman–Crippen LogP) is 1.64. The Balaban J connectivity index is 1.88. The fourth-order valence-corrected chi connectivity index (χ4v) is 2.33. The van der Waals surface area contributed by atoms with Gasteiger partial charge in [0.2, 0.25) is 0 Å². The Hall–Kier alpha value is -0.870. The van der Waals surface area contributed by atoms with Gasteiger partial charge in [0, 0.05) is 18.7 Å². The van der Waals surface area contributed by atoms with E-state index in [9.17, 15) is 0 Å². The molecule has 2 heterocycles. The van der Waals surface area contributed by atoms with Gasteiger partial charge < -0.3 is 9.84 Å². The summed E-state index contributed by atoms with van der Waals surface area (Å²) in [5.41, 5.74) is 0. The van der Waals surface area contributed by atoms with Gasteiger partial charge >= 0.3 is 0 Å². The quantitative estimate of drug-likeness (QED) is 0.824. The Morgan fingerprint density at radius 1 is 1.56 bits per heavy atom. The van der Waals surface area contributed by atoms with Crippen LogP contribution in [0.1, 0.15) is 31.9 Å². The van der Waals surface area contributed by atoms with E-state index in [-0.39, 0.29) is 0 Å². The second-order valence-corrected chi connectivity index (χ2v) is 4.41. The van der Waals surface area contributed by atoms with Crippen LogP contribution in [-0.4, -0.2) is 35.7 Å². The molecule has 0 aliphatic carbocycles. The molecule has 1 atom stereocenters. The molecule has 0 radical (unpaired) electrons. The fourth-order valence-electron chi connectivity index (χ4n) is 2.33. The molecule has 1 saturated heterocycles. The number of likely N-dealkylation sites (N-methyl/N-ethyl adjacent to an activating group) is 1. The molecule has 1 aliphatic heterocycles. The molecule has 1 unspecified atom stereocenters. The Morgan fingerprint density at radius 2 is 2.50 bits per heavy atom. The summed E-state index contributed by atoms with van der Waals surface area (Å²) < 4.78 is 5.18. The molecule has 90 valence electrons. The van der Waals surface area contributed by atoms with E-state index >= 15 is 0 Å². The molecular formula is C12H21N3O. The van der Waals surface area contributed by atoms with E-state index in [4.69, 9.17) is 4.52 Å². The van der Waals surface area contributed by atoms with Gasteiger partial charge in [-0.2, -0.15) is 0 Å². The van der Waals surface area contributed by atoms with Crippen LogP contribution >= 0.6 is 0 Å². The number of nitrogens with one attached hydrogen (secondary N) is 1. The monoisotopic (exact) mass is 223 g/mol. The summed E-state index contributed by atoms with van der Waals surface area (Å²) in [7, 11) is 0. The molecule has 1 aliphatic rings. The number of likely N-dealkylation sites (tertiary alicyclic amines) is 1. The van der Waals surface area contributed by atoms with Gasteiger partial charge in [0.25, 0.3) is 0 Å². The first-order valence-electron chi connectivity index (χ1n) is 6.24. The van der Waals surface area contributed by atoms with Crippen molar-refractivity contribution in [3.63, 3.8) is 0 Å². The third-order valence-electron chi connectivity index (χ3n) is 3.23. The summed E-state index contributed by atoms with van der Waals surface area (Å²) in [6, 6.07) is 2.61. The average molecular weight is 223 g/mol. The number of rotatable bonds is 5. The van der Waals surface area contributed by atoms with Gasteiger partial charge in [-0.25, -0.2) is 0 Å². The van der Waals surface area contributed by atoms with Gasteiger partial charge in [0.05, 0.1) is 12.7 Å². The predicted molar refractivity (Wildman–Crippen MR) is 63.1 cm³/mol. The van der Waals surface area contributed by atoms with Crippen LogP contribution in [0, 0.1) is 0 Å². The number of hydrogen-bond acceptors (Lipinski definition) is 4. The van der Waals surface area contributed by atoms with Crippen LogP contribution in [0.15, 0.2) is 16.8 Å². The van der Waals surface area contributed by atoms with Crippen LogP contribution < -0.4 is 5.32 Å². The minimum Gasteiger partial charge on any atom is -0.360 e. The first-order chi connectivity index (χ1) is 7.90. The second-order valence-electron chi connectivity index (χ2n) is 4.41. The van der Waals surface area contributed by atoms with Gasteiger partial charge in [-0.05, 0) is 25.9 Å². The molecule has 4 nitrogen and oxygen atoms in total. The van der Waals surface area contributed by atoms with Crippen LogP contribution in [0.25, 0.3) is 0 Å². The van der Waals surface area contributed by atoms with Crippen molar-refractivity contribution in [2.45, 2.75) is 38.8 Å². The van der Waals surface area contributed by atoms with E-state index in [1.54, 1.807) is 6.20 Å². The molecule has 2 rings (SSSR count). The summed E-state index contributed by atoms with van der Waals surface area (Å²) >= 11 is 0. The zero-order valence-corrected chi connectivity index (χ0v) is 9.98. The maximum Gasteiger partial charge on any atom is 0.150 e. The van der Waals surface area contributed by atoms with Crippen molar-refractivity contribution >= 4 is 0 Å². The van der Waals surface area contributed by atoms with E-state index in [1.165, 1.54) is 25.8 Å². The summed E-state index contributed by atoms with van der Waals surface area (Å²) in [5, 5.41) is 7.20. The Bertz CT molecular complexity index is 286. The van der Waals surface area contributed by atoms with Crippen LogP contribution in [0.5, 0.6) is 0 Å². The fraction of sp³-hybridized carbons (Fsp3) is 0.750. The molecule has 0 aromatic carbocycles. The van der Waals surface area contributed by atoms with E-state index in [0.29, 0.717) is 6.04 Å².